The zero-order valence-corrected chi connectivity index (χ0v) is 9.99. The number of alkyl halides is 3. The zero-order chi connectivity index (χ0) is 14.8. The van der Waals surface area contributed by atoms with Crippen molar-refractivity contribution in [1.29, 1.82) is 0 Å². The van der Waals surface area contributed by atoms with Gasteiger partial charge in [0.1, 0.15) is 5.56 Å². The lowest BCUT2D eigenvalue weighted by Gasteiger charge is -2.13. The molecule has 0 radical (unpaired) electrons. The second kappa shape index (κ2) is 5.20. The molecule has 7 heteroatoms. The fourth-order valence-electron chi connectivity index (χ4n) is 1.63. The first-order valence-electron chi connectivity index (χ1n) is 5.55. The molecule has 0 atom stereocenters. The highest BCUT2D eigenvalue weighted by molar-refractivity contribution is 6.04. The van der Waals surface area contributed by atoms with Crippen LogP contribution in [0.2, 0.25) is 0 Å². The molecular formula is C13H9F3N2O2. The molecule has 4 nitrogen and oxygen atoms in total. The van der Waals surface area contributed by atoms with Gasteiger partial charge in [0.15, 0.2) is 0 Å². The minimum absolute atomic E-state index is 0.260. The Labute approximate surface area is 111 Å². The molecule has 1 amide bonds. The first-order chi connectivity index (χ1) is 9.39. The third-order valence-electron chi connectivity index (χ3n) is 2.54. The summed E-state index contributed by atoms with van der Waals surface area (Å²) >= 11 is 0. The molecule has 0 saturated carbocycles. The van der Waals surface area contributed by atoms with Gasteiger partial charge in [-0.15, -0.1) is 0 Å². The van der Waals surface area contributed by atoms with Crippen molar-refractivity contribution < 1.29 is 18.0 Å². The van der Waals surface area contributed by atoms with E-state index in [9.17, 15) is 22.8 Å². The van der Waals surface area contributed by atoms with Crippen molar-refractivity contribution in [2.75, 3.05) is 5.32 Å². The maximum absolute atomic E-state index is 12.8. The smallest absolute Gasteiger partial charge is 0.328 e. The Balaban J connectivity index is 2.34. The molecule has 0 bridgehead atoms. The molecule has 0 aliphatic carbocycles. The fraction of sp³-hybridized carbons (Fsp3) is 0.0769. The minimum atomic E-state index is -4.59. The molecule has 0 unspecified atom stereocenters. The van der Waals surface area contributed by atoms with E-state index in [1.165, 1.54) is 30.5 Å². The number of amides is 1. The standard InChI is InChI=1S/C13H9F3N2O2/c14-13(15,16)9-5-1-2-6-10(9)18-12(20)8-4-3-7-17-11(8)19/h1-7H,(H,17,19)(H,18,20). The third-order valence-corrected chi connectivity index (χ3v) is 2.54. The van der Waals surface area contributed by atoms with Crippen molar-refractivity contribution in [1.82, 2.24) is 4.98 Å². The number of benzene rings is 1. The van der Waals surface area contributed by atoms with Crippen molar-refractivity contribution >= 4 is 11.6 Å². The number of carbonyl (C=O) groups is 1. The Morgan fingerprint density at radius 1 is 1.10 bits per heavy atom. The van der Waals surface area contributed by atoms with Crippen LogP contribution in [0.4, 0.5) is 18.9 Å². The first-order valence-corrected chi connectivity index (χ1v) is 5.55. The van der Waals surface area contributed by atoms with Crippen LogP contribution in [0.1, 0.15) is 15.9 Å². The number of hydrogen-bond acceptors (Lipinski definition) is 2. The summed E-state index contributed by atoms with van der Waals surface area (Å²) in [5, 5.41) is 2.10. The molecule has 0 aliphatic heterocycles. The van der Waals surface area contributed by atoms with Crippen LogP contribution in [0.5, 0.6) is 0 Å². The van der Waals surface area contributed by atoms with Gasteiger partial charge in [0.25, 0.3) is 11.5 Å². The topological polar surface area (TPSA) is 62.0 Å². The Morgan fingerprint density at radius 2 is 1.80 bits per heavy atom. The van der Waals surface area contributed by atoms with Gasteiger partial charge in [0.2, 0.25) is 0 Å². The number of hydrogen-bond donors (Lipinski definition) is 2. The van der Waals surface area contributed by atoms with E-state index in [0.29, 0.717) is 0 Å². The Bertz CT molecular complexity index is 692. The lowest BCUT2D eigenvalue weighted by Crippen LogP contribution is -2.23. The van der Waals surface area contributed by atoms with Gasteiger partial charge >= 0.3 is 6.18 Å². The van der Waals surface area contributed by atoms with E-state index in [1.807, 2.05) is 0 Å². The average molecular weight is 282 g/mol. The maximum atomic E-state index is 12.8. The summed E-state index contributed by atoms with van der Waals surface area (Å²) < 4.78 is 38.3. The molecule has 0 spiro atoms. The average Bonchev–Trinajstić information content (AvgIpc) is 2.38. The van der Waals surface area contributed by atoms with E-state index in [-0.39, 0.29) is 5.56 Å². The van der Waals surface area contributed by atoms with Crippen LogP contribution in [0, 0.1) is 0 Å². The van der Waals surface area contributed by atoms with Crippen LogP contribution >= 0.6 is 0 Å². The third kappa shape index (κ3) is 2.87. The molecule has 1 heterocycles. The van der Waals surface area contributed by atoms with Crippen LogP contribution in [-0.2, 0) is 6.18 Å². The van der Waals surface area contributed by atoms with Gasteiger partial charge in [0, 0.05) is 6.20 Å². The van der Waals surface area contributed by atoms with Crippen LogP contribution < -0.4 is 10.9 Å². The summed E-state index contributed by atoms with van der Waals surface area (Å²) in [6, 6.07) is 7.19. The van der Waals surface area contributed by atoms with Crippen LogP contribution in [-0.4, -0.2) is 10.9 Å². The van der Waals surface area contributed by atoms with E-state index in [1.54, 1.807) is 0 Å². The Kier molecular flexibility index (Phi) is 3.60. The number of aromatic amines is 1. The van der Waals surface area contributed by atoms with Gasteiger partial charge in [-0.3, -0.25) is 9.59 Å². The largest absolute Gasteiger partial charge is 0.418 e. The molecule has 0 aliphatic rings. The number of anilines is 1. The van der Waals surface area contributed by atoms with Gasteiger partial charge in [0.05, 0.1) is 11.3 Å². The lowest BCUT2D eigenvalue weighted by atomic mass is 10.1. The Hall–Kier alpha value is -2.57. The number of nitrogens with one attached hydrogen (secondary N) is 2. The summed E-state index contributed by atoms with van der Waals surface area (Å²) in [7, 11) is 0. The number of halogens is 3. The van der Waals surface area contributed by atoms with E-state index in [4.69, 9.17) is 0 Å². The SMILES string of the molecule is O=C(Nc1ccccc1C(F)(F)F)c1ccc[nH]c1=O. The van der Waals surface area contributed by atoms with Crippen LogP contribution in [0.25, 0.3) is 0 Å². The molecule has 20 heavy (non-hydrogen) atoms. The summed E-state index contributed by atoms with van der Waals surface area (Å²) in [5.74, 6) is -0.899. The van der Waals surface area contributed by atoms with E-state index < -0.39 is 28.9 Å². The molecule has 2 rings (SSSR count). The summed E-state index contributed by atoms with van der Waals surface area (Å²) in [6.07, 6.45) is -3.27. The van der Waals surface area contributed by atoms with E-state index >= 15 is 0 Å². The van der Waals surface area contributed by atoms with Gasteiger partial charge in [-0.1, -0.05) is 12.1 Å². The number of H-pyrrole nitrogens is 1. The highest BCUT2D eigenvalue weighted by Crippen LogP contribution is 2.34. The van der Waals surface area contributed by atoms with E-state index in [2.05, 4.69) is 10.3 Å². The molecule has 104 valence electrons. The van der Waals surface area contributed by atoms with Crippen molar-refractivity contribution in [2.45, 2.75) is 6.18 Å². The molecule has 2 N–H and O–H groups in total. The molecule has 2 aromatic rings. The minimum Gasteiger partial charge on any atom is -0.328 e. The van der Waals surface area contributed by atoms with Crippen LogP contribution in [0.15, 0.2) is 47.4 Å². The van der Waals surface area contributed by atoms with Gasteiger partial charge in [-0.25, -0.2) is 0 Å². The molecule has 0 fully saturated rings. The monoisotopic (exact) mass is 282 g/mol. The van der Waals surface area contributed by atoms with Crippen molar-refractivity contribution in [3.05, 3.63) is 64.1 Å². The molecule has 0 saturated heterocycles. The second-order valence-corrected chi connectivity index (χ2v) is 3.91. The normalized spacial score (nSPS) is 11.2. The molecular weight excluding hydrogens is 273 g/mol. The lowest BCUT2D eigenvalue weighted by molar-refractivity contribution is -0.136. The van der Waals surface area contributed by atoms with Gasteiger partial charge in [-0.2, -0.15) is 13.2 Å². The fourth-order valence-corrected chi connectivity index (χ4v) is 1.63. The van der Waals surface area contributed by atoms with Gasteiger partial charge in [-0.05, 0) is 24.3 Å². The quantitative estimate of drug-likeness (QED) is 0.889. The highest BCUT2D eigenvalue weighted by Gasteiger charge is 2.33. The first kappa shape index (κ1) is 13.9. The van der Waals surface area contributed by atoms with Crippen LogP contribution in [0.3, 0.4) is 0 Å². The van der Waals surface area contributed by atoms with Crippen molar-refractivity contribution in [2.24, 2.45) is 0 Å². The summed E-state index contributed by atoms with van der Waals surface area (Å²) in [5.41, 5.74) is -2.30. The molecule has 1 aromatic carbocycles. The summed E-state index contributed by atoms with van der Waals surface area (Å²) in [4.78, 5) is 25.5. The van der Waals surface area contributed by atoms with E-state index in [0.717, 1.165) is 12.1 Å². The second-order valence-electron chi connectivity index (χ2n) is 3.91. The zero-order valence-electron chi connectivity index (χ0n) is 9.99. The summed E-state index contributed by atoms with van der Waals surface area (Å²) in [6.45, 7) is 0. The van der Waals surface area contributed by atoms with Crippen molar-refractivity contribution in [3.8, 4) is 0 Å². The van der Waals surface area contributed by atoms with Crippen molar-refractivity contribution in [3.63, 3.8) is 0 Å². The predicted octanol–water partition coefficient (Wildman–Crippen LogP) is 2.65. The maximum Gasteiger partial charge on any atom is 0.418 e. The number of pyridine rings is 1. The number of carbonyl (C=O) groups excluding carboxylic acids is 1. The molecule has 1 aromatic heterocycles. The predicted molar refractivity (Wildman–Crippen MR) is 66.5 cm³/mol. The number of para-hydroxylation sites is 1. The Morgan fingerprint density at radius 3 is 2.45 bits per heavy atom. The number of aromatic nitrogens is 1. The van der Waals surface area contributed by atoms with Gasteiger partial charge < -0.3 is 10.3 Å². The number of rotatable bonds is 2. The highest BCUT2D eigenvalue weighted by atomic mass is 19.4.